The first-order valence-electron chi connectivity index (χ1n) is 6.76. The largest absolute Gasteiger partial charge is 0.479 e. The fourth-order valence-corrected chi connectivity index (χ4v) is 2.45. The van der Waals surface area contributed by atoms with Gasteiger partial charge in [0.05, 0.1) is 18.7 Å². The van der Waals surface area contributed by atoms with Gasteiger partial charge in [-0.05, 0) is 18.5 Å². The number of carbonyl (C=O) groups is 1. The predicted molar refractivity (Wildman–Crippen MR) is 79.3 cm³/mol. The van der Waals surface area contributed by atoms with Gasteiger partial charge in [-0.3, -0.25) is 4.79 Å². The molecule has 1 aliphatic heterocycles. The van der Waals surface area contributed by atoms with Crippen LogP contribution in [0.1, 0.15) is 6.92 Å². The summed E-state index contributed by atoms with van der Waals surface area (Å²) < 4.78 is 5.26. The van der Waals surface area contributed by atoms with Crippen molar-refractivity contribution in [2.75, 3.05) is 44.5 Å². The number of amides is 1. The number of pyridine rings is 1. The molecule has 0 unspecified atom stereocenters. The van der Waals surface area contributed by atoms with Crippen LogP contribution in [0.25, 0.3) is 0 Å². The predicted octanol–water partition coefficient (Wildman–Crippen LogP) is 0.950. The van der Waals surface area contributed by atoms with Gasteiger partial charge < -0.3 is 20.3 Å². The Hall–Kier alpha value is -1.82. The Morgan fingerprint density at radius 1 is 1.50 bits per heavy atom. The molecule has 6 nitrogen and oxygen atoms in total. The van der Waals surface area contributed by atoms with E-state index in [9.17, 15) is 4.79 Å². The van der Waals surface area contributed by atoms with E-state index in [0.29, 0.717) is 24.0 Å². The van der Waals surface area contributed by atoms with Crippen LogP contribution >= 0.6 is 0 Å². The molecule has 0 aliphatic carbocycles. The minimum absolute atomic E-state index is 0.0110. The lowest BCUT2D eigenvalue weighted by atomic mass is 9.97. The van der Waals surface area contributed by atoms with Crippen molar-refractivity contribution >= 4 is 17.3 Å². The van der Waals surface area contributed by atoms with E-state index in [1.807, 2.05) is 25.1 Å². The van der Waals surface area contributed by atoms with Crippen LogP contribution in [0.4, 0.5) is 11.4 Å². The van der Waals surface area contributed by atoms with Crippen molar-refractivity contribution < 1.29 is 9.53 Å². The molecule has 110 valence electrons. The van der Waals surface area contributed by atoms with Crippen LogP contribution in [0.15, 0.2) is 12.3 Å². The Morgan fingerprint density at radius 3 is 2.80 bits per heavy atom. The zero-order valence-corrected chi connectivity index (χ0v) is 12.4. The fraction of sp³-hybridized carbons (Fsp3) is 0.571. The minimum Gasteiger partial charge on any atom is -0.479 e. The van der Waals surface area contributed by atoms with E-state index < -0.39 is 0 Å². The number of nitrogens with zero attached hydrogens (tertiary/aromatic N) is 2. The fourth-order valence-electron chi connectivity index (χ4n) is 2.45. The van der Waals surface area contributed by atoms with Gasteiger partial charge in [0.25, 0.3) is 0 Å². The molecule has 2 N–H and O–H groups in total. The Labute approximate surface area is 119 Å². The van der Waals surface area contributed by atoms with Gasteiger partial charge in [0, 0.05) is 26.8 Å². The molecule has 1 aromatic rings. The third-order valence-electron chi connectivity index (χ3n) is 3.67. The maximum Gasteiger partial charge on any atom is 0.239 e. The van der Waals surface area contributed by atoms with E-state index in [0.717, 1.165) is 12.2 Å². The second-order valence-electron chi connectivity index (χ2n) is 5.34. The highest BCUT2D eigenvalue weighted by molar-refractivity contribution is 5.97. The highest BCUT2D eigenvalue weighted by Crippen LogP contribution is 2.33. The topological polar surface area (TPSA) is 66.5 Å². The molecule has 2 rings (SSSR count). The maximum absolute atomic E-state index is 12.4. The van der Waals surface area contributed by atoms with E-state index >= 15 is 0 Å². The van der Waals surface area contributed by atoms with Gasteiger partial charge in [0.15, 0.2) is 0 Å². The van der Waals surface area contributed by atoms with Gasteiger partial charge in [0.2, 0.25) is 11.8 Å². The Kier molecular flexibility index (Phi) is 4.44. The van der Waals surface area contributed by atoms with Crippen LogP contribution < -0.4 is 20.3 Å². The summed E-state index contributed by atoms with van der Waals surface area (Å²) in [5, 5.41) is 6.21. The summed E-state index contributed by atoms with van der Waals surface area (Å²) in [5.41, 5.74) is 1.51. The van der Waals surface area contributed by atoms with Gasteiger partial charge in [-0.2, -0.15) is 0 Å². The lowest BCUT2D eigenvalue weighted by Crippen LogP contribution is -2.29. The van der Waals surface area contributed by atoms with Gasteiger partial charge in [-0.15, -0.1) is 0 Å². The molecular weight excluding hydrogens is 256 g/mol. The van der Waals surface area contributed by atoms with Crippen molar-refractivity contribution in [2.45, 2.75) is 6.92 Å². The second kappa shape index (κ2) is 6.09. The van der Waals surface area contributed by atoms with Crippen molar-refractivity contribution in [3.8, 4) is 5.88 Å². The number of hydrogen-bond donors (Lipinski definition) is 2. The van der Waals surface area contributed by atoms with E-state index in [4.69, 9.17) is 4.74 Å². The SMILES string of the molecule is COc1nccc(N(C)C)c1NC(=O)[C@@H]1CNC[C@H]1C. The van der Waals surface area contributed by atoms with Gasteiger partial charge in [-0.25, -0.2) is 4.98 Å². The zero-order chi connectivity index (χ0) is 14.7. The molecular formula is C14H22N4O2. The first kappa shape index (κ1) is 14.6. The summed E-state index contributed by atoms with van der Waals surface area (Å²) in [6.45, 7) is 3.67. The molecule has 20 heavy (non-hydrogen) atoms. The molecule has 1 aliphatic rings. The molecule has 0 aromatic carbocycles. The zero-order valence-electron chi connectivity index (χ0n) is 12.4. The maximum atomic E-state index is 12.4. The van der Waals surface area contributed by atoms with Crippen LogP contribution in [-0.4, -0.2) is 45.2 Å². The lowest BCUT2D eigenvalue weighted by molar-refractivity contribution is -0.120. The standard InChI is InChI=1S/C14H22N4O2/c1-9-7-15-8-10(9)13(19)17-12-11(18(2)3)5-6-16-14(12)20-4/h5-6,9-10,15H,7-8H2,1-4H3,(H,17,19)/t9-,10-/m1/s1. The first-order chi connectivity index (χ1) is 9.54. The second-order valence-corrected chi connectivity index (χ2v) is 5.34. The summed E-state index contributed by atoms with van der Waals surface area (Å²) in [6.07, 6.45) is 1.67. The minimum atomic E-state index is -0.0186. The summed E-state index contributed by atoms with van der Waals surface area (Å²) >= 11 is 0. The van der Waals surface area contributed by atoms with E-state index in [2.05, 4.69) is 22.5 Å². The molecule has 2 atom stereocenters. The smallest absolute Gasteiger partial charge is 0.239 e. The van der Waals surface area contributed by atoms with Crippen LogP contribution in [0.3, 0.4) is 0 Å². The molecule has 1 saturated heterocycles. The first-order valence-corrected chi connectivity index (χ1v) is 6.76. The van der Waals surface area contributed by atoms with Crippen molar-refractivity contribution in [1.82, 2.24) is 10.3 Å². The third-order valence-corrected chi connectivity index (χ3v) is 3.67. The molecule has 0 saturated carbocycles. The molecule has 0 bridgehead atoms. The van der Waals surface area contributed by atoms with Crippen LogP contribution in [0, 0.1) is 11.8 Å². The summed E-state index contributed by atoms with van der Waals surface area (Å²) in [7, 11) is 5.39. The summed E-state index contributed by atoms with van der Waals surface area (Å²) in [4.78, 5) is 18.5. The number of rotatable bonds is 4. The molecule has 6 heteroatoms. The number of ether oxygens (including phenoxy) is 1. The van der Waals surface area contributed by atoms with Crippen LogP contribution in [0.2, 0.25) is 0 Å². The molecule has 1 fully saturated rings. The molecule has 0 radical (unpaired) electrons. The average molecular weight is 278 g/mol. The molecule has 2 heterocycles. The van der Waals surface area contributed by atoms with Crippen molar-refractivity contribution in [3.05, 3.63) is 12.3 Å². The normalized spacial score (nSPS) is 21.6. The Bertz CT molecular complexity index is 490. The van der Waals surface area contributed by atoms with Gasteiger partial charge in [0.1, 0.15) is 5.69 Å². The highest BCUT2D eigenvalue weighted by atomic mass is 16.5. The van der Waals surface area contributed by atoms with Crippen molar-refractivity contribution in [2.24, 2.45) is 11.8 Å². The number of anilines is 2. The van der Waals surface area contributed by atoms with Crippen LogP contribution in [-0.2, 0) is 4.79 Å². The molecule has 0 spiro atoms. The van der Waals surface area contributed by atoms with E-state index in [-0.39, 0.29) is 11.8 Å². The third kappa shape index (κ3) is 2.85. The number of aromatic nitrogens is 1. The number of methoxy groups -OCH3 is 1. The number of hydrogen-bond acceptors (Lipinski definition) is 5. The van der Waals surface area contributed by atoms with Gasteiger partial charge in [-0.1, -0.05) is 6.92 Å². The average Bonchev–Trinajstić information content (AvgIpc) is 2.85. The number of nitrogens with one attached hydrogen (secondary N) is 2. The Morgan fingerprint density at radius 2 is 2.25 bits per heavy atom. The summed E-state index contributed by atoms with van der Waals surface area (Å²) in [5.74, 6) is 0.760. The lowest BCUT2D eigenvalue weighted by Gasteiger charge is -2.21. The van der Waals surface area contributed by atoms with Crippen molar-refractivity contribution in [3.63, 3.8) is 0 Å². The monoisotopic (exact) mass is 278 g/mol. The van der Waals surface area contributed by atoms with Gasteiger partial charge >= 0.3 is 0 Å². The van der Waals surface area contributed by atoms with Crippen LogP contribution in [0.5, 0.6) is 5.88 Å². The van der Waals surface area contributed by atoms with E-state index in [1.54, 1.807) is 13.3 Å². The van der Waals surface area contributed by atoms with E-state index in [1.165, 1.54) is 0 Å². The van der Waals surface area contributed by atoms with Crippen molar-refractivity contribution in [1.29, 1.82) is 0 Å². The quantitative estimate of drug-likeness (QED) is 0.858. The molecule has 1 amide bonds. The number of carbonyl (C=O) groups excluding carboxylic acids is 1. The Balaban J connectivity index is 2.25. The highest BCUT2D eigenvalue weighted by Gasteiger charge is 2.30. The molecule has 1 aromatic heterocycles. The summed E-state index contributed by atoms with van der Waals surface area (Å²) in [6, 6.07) is 1.86.